The van der Waals surface area contributed by atoms with Gasteiger partial charge in [0, 0.05) is 11.6 Å². The molecule has 23 heavy (non-hydrogen) atoms. The lowest BCUT2D eigenvalue weighted by molar-refractivity contribution is -0.143. The van der Waals surface area contributed by atoms with Gasteiger partial charge >= 0.3 is 5.97 Å². The summed E-state index contributed by atoms with van der Waals surface area (Å²) in [4.78, 5) is 11.6. The van der Waals surface area contributed by atoms with E-state index in [9.17, 15) is 9.18 Å². The topological polar surface area (TPSA) is 52.3 Å². The first-order chi connectivity index (χ1) is 11.0. The number of esters is 1. The molecule has 2 rings (SSSR count). The van der Waals surface area contributed by atoms with E-state index >= 15 is 0 Å². The molecule has 2 N–H and O–H groups in total. The molecule has 0 radical (unpaired) electrons. The molecule has 0 spiro atoms. The van der Waals surface area contributed by atoms with E-state index in [1.54, 1.807) is 13.0 Å². The number of aryl methyl sites for hydroxylation is 1. The molecule has 0 aliphatic carbocycles. The Morgan fingerprint density at radius 2 is 1.87 bits per heavy atom. The molecule has 0 fully saturated rings. The molecule has 0 amide bonds. The summed E-state index contributed by atoms with van der Waals surface area (Å²) in [6, 6.07) is 10.4. The maximum Gasteiger partial charge on any atom is 0.307 e. The molecule has 0 bridgehead atoms. The van der Waals surface area contributed by atoms with Crippen molar-refractivity contribution in [2.75, 3.05) is 6.61 Å². The third kappa shape index (κ3) is 3.77. The summed E-state index contributed by atoms with van der Waals surface area (Å²) in [7, 11) is 0. The molecule has 2 aromatic rings. The number of nitrogens with two attached hydrogens (primary N) is 1. The Morgan fingerprint density at radius 1 is 1.17 bits per heavy atom. The number of ether oxygens (including phenoxy) is 1. The zero-order valence-electron chi connectivity index (χ0n) is 13.7. The second-order valence-corrected chi connectivity index (χ2v) is 5.56. The van der Waals surface area contributed by atoms with Crippen LogP contribution < -0.4 is 5.73 Å². The zero-order valence-corrected chi connectivity index (χ0v) is 13.7. The van der Waals surface area contributed by atoms with E-state index in [2.05, 4.69) is 0 Å². The van der Waals surface area contributed by atoms with Gasteiger partial charge in [-0.05, 0) is 49.1 Å². The molecule has 4 heteroatoms. The normalized spacial score (nSPS) is 12.0. The average molecular weight is 315 g/mol. The van der Waals surface area contributed by atoms with Gasteiger partial charge in [-0.2, -0.15) is 0 Å². The lowest BCUT2D eigenvalue weighted by Crippen LogP contribution is -2.19. The van der Waals surface area contributed by atoms with E-state index in [0.29, 0.717) is 5.56 Å². The van der Waals surface area contributed by atoms with Crippen molar-refractivity contribution in [1.29, 1.82) is 0 Å². The van der Waals surface area contributed by atoms with Crippen molar-refractivity contribution in [3.05, 3.63) is 58.9 Å². The van der Waals surface area contributed by atoms with Crippen LogP contribution in [0.5, 0.6) is 0 Å². The molecule has 0 aliphatic rings. The Bertz CT molecular complexity index is 713. The number of halogens is 1. The first-order valence-electron chi connectivity index (χ1n) is 7.71. The molecule has 1 unspecified atom stereocenters. The van der Waals surface area contributed by atoms with Crippen LogP contribution in [0.15, 0.2) is 36.4 Å². The van der Waals surface area contributed by atoms with E-state index in [1.807, 2.05) is 38.1 Å². The fourth-order valence-electron chi connectivity index (χ4n) is 2.82. The van der Waals surface area contributed by atoms with Crippen LogP contribution >= 0.6 is 0 Å². The van der Waals surface area contributed by atoms with E-state index in [-0.39, 0.29) is 13.0 Å². The Hall–Kier alpha value is -2.20. The SMILES string of the molecule is CCOC(=O)CC(N)c1c(F)ccc(-c2ccccc2C)c1C. The van der Waals surface area contributed by atoms with Crippen molar-refractivity contribution >= 4 is 5.97 Å². The van der Waals surface area contributed by atoms with Gasteiger partial charge in [0.25, 0.3) is 0 Å². The first kappa shape index (κ1) is 17.2. The van der Waals surface area contributed by atoms with Crippen molar-refractivity contribution in [1.82, 2.24) is 0 Å². The average Bonchev–Trinajstić information content (AvgIpc) is 2.48. The highest BCUT2D eigenvalue weighted by atomic mass is 19.1. The maximum atomic E-state index is 14.3. The van der Waals surface area contributed by atoms with Gasteiger partial charge in [0.2, 0.25) is 0 Å². The highest BCUT2D eigenvalue weighted by Crippen LogP contribution is 2.32. The quantitative estimate of drug-likeness (QED) is 0.846. The van der Waals surface area contributed by atoms with E-state index < -0.39 is 17.8 Å². The van der Waals surface area contributed by atoms with Crippen LogP contribution in [0.2, 0.25) is 0 Å². The minimum atomic E-state index is -0.724. The van der Waals surface area contributed by atoms with Gasteiger partial charge < -0.3 is 10.5 Å². The molecule has 0 aromatic heterocycles. The van der Waals surface area contributed by atoms with Crippen molar-refractivity contribution < 1.29 is 13.9 Å². The van der Waals surface area contributed by atoms with E-state index in [1.165, 1.54) is 6.07 Å². The minimum absolute atomic E-state index is 0.0389. The van der Waals surface area contributed by atoms with Crippen molar-refractivity contribution in [3.8, 4) is 11.1 Å². The highest BCUT2D eigenvalue weighted by Gasteiger charge is 2.21. The minimum Gasteiger partial charge on any atom is -0.466 e. The third-order valence-corrected chi connectivity index (χ3v) is 3.96. The van der Waals surface area contributed by atoms with Gasteiger partial charge in [-0.15, -0.1) is 0 Å². The molecule has 0 saturated heterocycles. The number of benzene rings is 2. The van der Waals surface area contributed by atoms with Crippen LogP contribution in [0, 0.1) is 19.7 Å². The second-order valence-electron chi connectivity index (χ2n) is 5.56. The van der Waals surface area contributed by atoms with Crippen LogP contribution in [0.25, 0.3) is 11.1 Å². The third-order valence-electron chi connectivity index (χ3n) is 3.96. The molecule has 0 heterocycles. The van der Waals surface area contributed by atoms with Gasteiger partial charge in [-0.25, -0.2) is 4.39 Å². The summed E-state index contributed by atoms with van der Waals surface area (Å²) in [5.74, 6) is -0.809. The monoisotopic (exact) mass is 315 g/mol. The summed E-state index contributed by atoms with van der Waals surface area (Å²) < 4.78 is 19.2. The van der Waals surface area contributed by atoms with Gasteiger partial charge in [0.1, 0.15) is 5.82 Å². The fraction of sp³-hybridized carbons (Fsp3) is 0.316. The summed E-state index contributed by atoms with van der Waals surface area (Å²) in [6.07, 6.45) is -0.0389. The maximum absolute atomic E-state index is 14.3. The molecule has 1 atom stereocenters. The predicted octanol–water partition coefficient (Wildman–Crippen LogP) is 4.06. The molecule has 3 nitrogen and oxygen atoms in total. The summed E-state index contributed by atoms with van der Waals surface area (Å²) >= 11 is 0. The van der Waals surface area contributed by atoms with Crippen LogP contribution in [0.3, 0.4) is 0 Å². The van der Waals surface area contributed by atoms with E-state index in [4.69, 9.17) is 10.5 Å². The Kier molecular flexibility index (Phi) is 5.50. The molecular weight excluding hydrogens is 293 g/mol. The van der Waals surface area contributed by atoms with Gasteiger partial charge in [-0.3, -0.25) is 4.79 Å². The van der Waals surface area contributed by atoms with E-state index in [0.717, 1.165) is 22.3 Å². The highest BCUT2D eigenvalue weighted by molar-refractivity contribution is 5.73. The first-order valence-corrected chi connectivity index (χ1v) is 7.71. The zero-order chi connectivity index (χ0) is 17.0. The molecular formula is C19H22FNO2. The lowest BCUT2D eigenvalue weighted by atomic mass is 9.90. The number of carbonyl (C=O) groups excluding carboxylic acids is 1. The molecule has 0 aliphatic heterocycles. The van der Waals surface area contributed by atoms with Gasteiger partial charge in [0.05, 0.1) is 13.0 Å². The van der Waals surface area contributed by atoms with Crippen LogP contribution in [-0.4, -0.2) is 12.6 Å². The van der Waals surface area contributed by atoms with Crippen molar-refractivity contribution in [2.24, 2.45) is 5.73 Å². The van der Waals surface area contributed by atoms with Gasteiger partial charge in [0.15, 0.2) is 0 Å². The smallest absolute Gasteiger partial charge is 0.307 e. The Morgan fingerprint density at radius 3 is 2.52 bits per heavy atom. The van der Waals surface area contributed by atoms with Crippen LogP contribution in [0.4, 0.5) is 4.39 Å². The molecule has 122 valence electrons. The van der Waals surface area contributed by atoms with Crippen molar-refractivity contribution in [2.45, 2.75) is 33.2 Å². The summed E-state index contributed by atoms with van der Waals surface area (Å²) in [6.45, 7) is 5.87. The second kappa shape index (κ2) is 7.38. The number of hydrogen-bond donors (Lipinski definition) is 1. The Balaban J connectivity index is 2.43. The molecule has 0 saturated carbocycles. The predicted molar refractivity (Wildman–Crippen MR) is 89.5 cm³/mol. The summed E-state index contributed by atoms with van der Waals surface area (Å²) in [5.41, 5.74) is 10.3. The lowest BCUT2D eigenvalue weighted by Gasteiger charge is -2.19. The largest absolute Gasteiger partial charge is 0.466 e. The fourth-order valence-corrected chi connectivity index (χ4v) is 2.82. The standard InChI is InChI=1S/C19H22FNO2/c1-4-23-18(22)11-17(21)19-13(3)15(9-10-16(19)20)14-8-6-5-7-12(14)2/h5-10,17H,4,11,21H2,1-3H3. The number of rotatable bonds is 5. The number of carbonyl (C=O) groups is 1. The Labute approximate surface area is 136 Å². The van der Waals surface area contributed by atoms with Crippen LogP contribution in [0.1, 0.15) is 36.1 Å². The van der Waals surface area contributed by atoms with Gasteiger partial charge in [-0.1, -0.05) is 30.3 Å². The summed E-state index contributed by atoms with van der Waals surface area (Å²) in [5, 5.41) is 0. The van der Waals surface area contributed by atoms with Crippen molar-refractivity contribution in [3.63, 3.8) is 0 Å². The number of hydrogen-bond acceptors (Lipinski definition) is 3. The van der Waals surface area contributed by atoms with Crippen LogP contribution in [-0.2, 0) is 9.53 Å². The molecule has 2 aromatic carbocycles.